The number of aromatic nitrogens is 1. The number of nitrogens with two attached hydrogens (primary N) is 2. The van der Waals surface area contributed by atoms with E-state index in [4.69, 9.17) is 16.2 Å². The number of pyridine rings is 1. The SMILES string of the molecule is NC(=O)c1ccc(Oc2ccc(N)cc2)nc1. The van der Waals surface area contributed by atoms with E-state index in [0.29, 0.717) is 22.9 Å². The Morgan fingerprint density at radius 1 is 1.12 bits per heavy atom. The van der Waals surface area contributed by atoms with E-state index in [0.717, 1.165) is 0 Å². The number of anilines is 1. The van der Waals surface area contributed by atoms with Gasteiger partial charge in [-0.15, -0.1) is 0 Å². The first kappa shape index (κ1) is 10.9. The summed E-state index contributed by atoms with van der Waals surface area (Å²) in [5, 5.41) is 0. The number of ether oxygens (including phenoxy) is 1. The minimum atomic E-state index is -0.517. The molecule has 1 aromatic heterocycles. The molecule has 1 amide bonds. The molecule has 0 aliphatic carbocycles. The molecule has 0 bridgehead atoms. The largest absolute Gasteiger partial charge is 0.439 e. The second-order valence-corrected chi connectivity index (χ2v) is 3.42. The maximum absolute atomic E-state index is 10.8. The van der Waals surface area contributed by atoms with Gasteiger partial charge in [0.25, 0.3) is 0 Å². The van der Waals surface area contributed by atoms with Gasteiger partial charge in [-0.3, -0.25) is 4.79 Å². The Bertz CT molecular complexity index is 520. The van der Waals surface area contributed by atoms with Crippen molar-refractivity contribution in [1.82, 2.24) is 4.98 Å². The van der Waals surface area contributed by atoms with E-state index in [2.05, 4.69) is 4.98 Å². The van der Waals surface area contributed by atoms with E-state index < -0.39 is 5.91 Å². The Hall–Kier alpha value is -2.56. The fraction of sp³-hybridized carbons (Fsp3) is 0. The van der Waals surface area contributed by atoms with Crippen molar-refractivity contribution in [2.24, 2.45) is 5.73 Å². The molecule has 2 aromatic rings. The number of benzene rings is 1. The molecule has 1 heterocycles. The van der Waals surface area contributed by atoms with Crippen molar-refractivity contribution in [2.75, 3.05) is 5.73 Å². The van der Waals surface area contributed by atoms with Gasteiger partial charge in [-0.2, -0.15) is 0 Å². The van der Waals surface area contributed by atoms with E-state index in [9.17, 15) is 4.79 Å². The van der Waals surface area contributed by atoms with Crippen molar-refractivity contribution in [3.05, 3.63) is 48.2 Å². The van der Waals surface area contributed by atoms with Crippen molar-refractivity contribution in [3.8, 4) is 11.6 Å². The molecule has 0 saturated carbocycles. The first-order chi connectivity index (χ1) is 8.15. The lowest BCUT2D eigenvalue weighted by Gasteiger charge is -2.04. The number of hydrogen-bond donors (Lipinski definition) is 2. The van der Waals surface area contributed by atoms with Crippen LogP contribution in [0.25, 0.3) is 0 Å². The van der Waals surface area contributed by atoms with Crippen LogP contribution in [0, 0.1) is 0 Å². The third-order valence-corrected chi connectivity index (χ3v) is 2.12. The molecule has 0 saturated heterocycles. The molecule has 5 nitrogen and oxygen atoms in total. The van der Waals surface area contributed by atoms with E-state index in [-0.39, 0.29) is 0 Å². The van der Waals surface area contributed by atoms with Gasteiger partial charge in [0.05, 0.1) is 5.56 Å². The lowest BCUT2D eigenvalue weighted by molar-refractivity contribution is 0.1000. The molecule has 0 fully saturated rings. The van der Waals surface area contributed by atoms with Crippen molar-refractivity contribution >= 4 is 11.6 Å². The van der Waals surface area contributed by atoms with E-state index in [1.807, 2.05) is 0 Å². The monoisotopic (exact) mass is 229 g/mol. The van der Waals surface area contributed by atoms with Crippen LogP contribution < -0.4 is 16.2 Å². The van der Waals surface area contributed by atoms with Gasteiger partial charge in [-0.05, 0) is 30.3 Å². The Morgan fingerprint density at radius 2 is 1.82 bits per heavy atom. The van der Waals surface area contributed by atoms with Gasteiger partial charge in [-0.25, -0.2) is 4.98 Å². The zero-order valence-electron chi connectivity index (χ0n) is 8.96. The predicted octanol–water partition coefficient (Wildman–Crippen LogP) is 1.55. The average Bonchev–Trinajstić information content (AvgIpc) is 2.33. The first-order valence-electron chi connectivity index (χ1n) is 4.94. The number of amides is 1. The highest BCUT2D eigenvalue weighted by Crippen LogP contribution is 2.20. The van der Waals surface area contributed by atoms with E-state index >= 15 is 0 Å². The van der Waals surface area contributed by atoms with Gasteiger partial charge < -0.3 is 16.2 Å². The highest BCUT2D eigenvalue weighted by atomic mass is 16.5. The molecule has 5 heteroatoms. The third-order valence-electron chi connectivity index (χ3n) is 2.12. The molecule has 0 aliphatic rings. The number of nitrogen functional groups attached to an aromatic ring is 1. The van der Waals surface area contributed by atoms with Crippen LogP contribution in [0.5, 0.6) is 11.6 Å². The molecule has 4 N–H and O–H groups in total. The van der Waals surface area contributed by atoms with Crippen LogP contribution in [-0.2, 0) is 0 Å². The van der Waals surface area contributed by atoms with Gasteiger partial charge in [0.15, 0.2) is 0 Å². The molecule has 0 aliphatic heterocycles. The van der Waals surface area contributed by atoms with Crippen molar-refractivity contribution < 1.29 is 9.53 Å². The Balaban J connectivity index is 2.13. The number of primary amides is 1. The van der Waals surface area contributed by atoms with Crippen molar-refractivity contribution in [2.45, 2.75) is 0 Å². The summed E-state index contributed by atoms with van der Waals surface area (Å²) in [5.74, 6) is 0.495. The fourth-order valence-electron chi connectivity index (χ4n) is 1.24. The number of rotatable bonds is 3. The smallest absolute Gasteiger partial charge is 0.250 e. The highest BCUT2D eigenvalue weighted by Gasteiger charge is 2.02. The van der Waals surface area contributed by atoms with E-state index in [1.54, 1.807) is 36.4 Å². The summed E-state index contributed by atoms with van der Waals surface area (Å²) >= 11 is 0. The van der Waals surface area contributed by atoms with Crippen LogP contribution in [-0.4, -0.2) is 10.9 Å². The van der Waals surface area contributed by atoms with Crippen LogP contribution in [0.15, 0.2) is 42.6 Å². The van der Waals surface area contributed by atoms with Gasteiger partial charge in [-0.1, -0.05) is 0 Å². The zero-order valence-corrected chi connectivity index (χ0v) is 8.96. The normalized spacial score (nSPS) is 9.88. The molecule has 0 atom stereocenters. The molecule has 0 spiro atoms. The summed E-state index contributed by atoms with van der Waals surface area (Å²) in [7, 11) is 0. The summed E-state index contributed by atoms with van der Waals surface area (Å²) in [5.41, 5.74) is 11.7. The quantitative estimate of drug-likeness (QED) is 0.781. The van der Waals surface area contributed by atoms with Gasteiger partial charge in [0.2, 0.25) is 11.8 Å². The Morgan fingerprint density at radius 3 is 2.35 bits per heavy atom. The minimum absolute atomic E-state index is 0.342. The highest BCUT2D eigenvalue weighted by molar-refractivity contribution is 5.92. The topological polar surface area (TPSA) is 91.2 Å². The maximum Gasteiger partial charge on any atom is 0.250 e. The maximum atomic E-state index is 10.8. The van der Waals surface area contributed by atoms with Crippen molar-refractivity contribution in [3.63, 3.8) is 0 Å². The average molecular weight is 229 g/mol. The molecule has 2 rings (SSSR count). The summed E-state index contributed by atoms with van der Waals surface area (Å²) in [6.07, 6.45) is 1.37. The van der Waals surface area contributed by atoms with Gasteiger partial charge in [0.1, 0.15) is 5.75 Å². The molecule has 0 unspecified atom stereocenters. The first-order valence-corrected chi connectivity index (χ1v) is 4.94. The van der Waals surface area contributed by atoms with Crippen LogP contribution in [0.1, 0.15) is 10.4 Å². The van der Waals surface area contributed by atoms with Gasteiger partial charge >= 0.3 is 0 Å². The minimum Gasteiger partial charge on any atom is -0.439 e. The molecule has 0 radical (unpaired) electrons. The molecular formula is C12H11N3O2. The molecule has 17 heavy (non-hydrogen) atoms. The van der Waals surface area contributed by atoms with Crippen LogP contribution >= 0.6 is 0 Å². The molecule has 86 valence electrons. The number of hydrogen-bond acceptors (Lipinski definition) is 4. The molecular weight excluding hydrogens is 218 g/mol. The van der Waals surface area contributed by atoms with Gasteiger partial charge in [0, 0.05) is 18.0 Å². The fourth-order valence-corrected chi connectivity index (χ4v) is 1.24. The second-order valence-electron chi connectivity index (χ2n) is 3.42. The van der Waals surface area contributed by atoms with Crippen molar-refractivity contribution in [1.29, 1.82) is 0 Å². The molecule has 1 aromatic carbocycles. The number of carbonyl (C=O) groups excluding carboxylic acids is 1. The standard InChI is InChI=1S/C12H11N3O2/c13-9-2-4-10(5-3-9)17-11-6-1-8(7-15-11)12(14)16/h1-7H,13H2,(H2,14,16). The van der Waals surface area contributed by atoms with Crippen LogP contribution in [0.3, 0.4) is 0 Å². The Labute approximate surface area is 98.0 Å². The van der Waals surface area contributed by atoms with E-state index in [1.165, 1.54) is 6.20 Å². The number of nitrogens with zero attached hydrogens (tertiary/aromatic N) is 1. The third kappa shape index (κ3) is 2.72. The Kier molecular flexibility index (Phi) is 2.91. The summed E-state index contributed by atoms with van der Waals surface area (Å²) in [6.45, 7) is 0. The summed E-state index contributed by atoms with van der Waals surface area (Å²) in [6, 6.07) is 10.1. The number of carbonyl (C=O) groups is 1. The van der Waals surface area contributed by atoms with Crippen LogP contribution in [0.2, 0.25) is 0 Å². The summed E-state index contributed by atoms with van der Waals surface area (Å²) < 4.78 is 5.45. The predicted molar refractivity (Wildman–Crippen MR) is 63.7 cm³/mol. The zero-order chi connectivity index (χ0) is 12.3. The second kappa shape index (κ2) is 4.52. The van der Waals surface area contributed by atoms with Crippen LogP contribution in [0.4, 0.5) is 5.69 Å². The summed E-state index contributed by atoms with van der Waals surface area (Å²) in [4.78, 5) is 14.8. The lowest BCUT2D eigenvalue weighted by atomic mass is 10.3. The lowest BCUT2D eigenvalue weighted by Crippen LogP contribution is -2.10.